The number of rotatable bonds is 6. The molecule has 0 spiro atoms. The Kier molecular flexibility index (Phi) is 6.42. The van der Waals surface area contributed by atoms with E-state index in [-0.39, 0.29) is 22.6 Å². The van der Waals surface area contributed by atoms with Crippen LogP contribution in [0.2, 0.25) is 0 Å². The lowest BCUT2D eigenvalue weighted by Crippen LogP contribution is -2.23. The number of carbonyl (C=O) groups excluding carboxylic acids is 1. The zero-order chi connectivity index (χ0) is 18.6. The highest BCUT2D eigenvalue weighted by Gasteiger charge is 2.19. The minimum atomic E-state index is -2.94. The molecule has 2 rings (SSSR count). The molecule has 3 nitrogen and oxygen atoms in total. The van der Waals surface area contributed by atoms with Crippen LogP contribution in [-0.4, -0.2) is 17.8 Å². The van der Waals surface area contributed by atoms with Crippen LogP contribution in [0.15, 0.2) is 41.3 Å². The van der Waals surface area contributed by atoms with Gasteiger partial charge in [0, 0.05) is 4.90 Å². The number of anilines is 1. The highest BCUT2D eigenvalue weighted by atomic mass is 32.2. The second-order valence-corrected chi connectivity index (χ2v) is 7.20. The number of alkyl halides is 2. The minimum Gasteiger partial charge on any atom is -0.433 e. The van der Waals surface area contributed by atoms with E-state index in [4.69, 9.17) is 0 Å². The minimum absolute atomic E-state index is 0.0502. The number of hydrogen-bond donors (Lipinski definition) is 1. The van der Waals surface area contributed by atoms with Crippen LogP contribution in [0.25, 0.3) is 0 Å². The van der Waals surface area contributed by atoms with Crippen molar-refractivity contribution in [2.45, 2.75) is 44.5 Å². The Labute approximate surface area is 150 Å². The smallest absolute Gasteiger partial charge is 0.387 e. The third-order valence-corrected chi connectivity index (χ3v) is 5.08. The molecule has 0 saturated heterocycles. The van der Waals surface area contributed by atoms with Crippen molar-refractivity contribution >= 4 is 23.4 Å². The van der Waals surface area contributed by atoms with Gasteiger partial charge >= 0.3 is 6.61 Å². The third kappa shape index (κ3) is 5.19. The fraction of sp³-hybridized carbons (Fsp3) is 0.316. The molecule has 1 amide bonds. The summed E-state index contributed by atoms with van der Waals surface area (Å²) < 4.78 is 29.4. The van der Waals surface area contributed by atoms with E-state index in [2.05, 4.69) is 22.2 Å². The Morgan fingerprint density at radius 1 is 1.12 bits per heavy atom. The first-order valence-electron chi connectivity index (χ1n) is 7.87. The molecule has 0 aromatic heterocycles. The Hall–Kier alpha value is -2.08. The molecule has 2 aromatic carbocycles. The molecule has 2 aromatic rings. The van der Waals surface area contributed by atoms with E-state index in [9.17, 15) is 13.6 Å². The molecule has 1 N–H and O–H groups in total. The van der Waals surface area contributed by atoms with E-state index >= 15 is 0 Å². The topological polar surface area (TPSA) is 38.3 Å². The first-order valence-corrected chi connectivity index (χ1v) is 8.75. The number of amides is 1. The molecule has 0 aliphatic rings. The number of para-hydroxylation sites is 2. The lowest BCUT2D eigenvalue weighted by molar-refractivity contribution is -0.115. The molecular formula is C19H21F2NO2S. The maximum atomic E-state index is 12.5. The van der Waals surface area contributed by atoms with Gasteiger partial charge in [0.1, 0.15) is 5.75 Å². The highest BCUT2D eigenvalue weighted by molar-refractivity contribution is 8.00. The largest absolute Gasteiger partial charge is 0.433 e. The molecule has 0 aliphatic heterocycles. The van der Waals surface area contributed by atoms with Gasteiger partial charge in [0.25, 0.3) is 0 Å². The lowest BCUT2D eigenvalue weighted by Gasteiger charge is -2.17. The summed E-state index contributed by atoms with van der Waals surface area (Å²) in [5.41, 5.74) is 3.64. The van der Waals surface area contributed by atoms with E-state index in [1.807, 2.05) is 20.8 Å². The van der Waals surface area contributed by atoms with Crippen LogP contribution in [0.4, 0.5) is 14.5 Å². The molecule has 0 radical (unpaired) electrons. The number of halogens is 2. The standard InChI is InChI=1S/C19H21F2NO2S/c1-11-9-12(2)17(13(3)10-11)25-14(4)18(23)22-15-7-5-6-8-16(15)24-19(20)21/h5-10,14,19H,1-4H3,(H,22,23)/t14-/m0/s1. The van der Waals surface area contributed by atoms with Gasteiger partial charge in [-0.15, -0.1) is 11.8 Å². The maximum absolute atomic E-state index is 12.5. The van der Waals surface area contributed by atoms with Crippen molar-refractivity contribution < 1.29 is 18.3 Å². The van der Waals surface area contributed by atoms with Gasteiger partial charge in [-0.3, -0.25) is 4.79 Å². The quantitative estimate of drug-likeness (QED) is 0.703. The predicted molar refractivity (Wildman–Crippen MR) is 97.7 cm³/mol. The Morgan fingerprint density at radius 3 is 2.32 bits per heavy atom. The molecule has 1 atom stereocenters. The van der Waals surface area contributed by atoms with E-state index < -0.39 is 6.61 Å². The van der Waals surface area contributed by atoms with Gasteiger partial charge in [0.15, 0.2) is 0 Å². The summed E-state index contributed by atoms with van der Waals surface area (Å²) in [6, 6.07) is 10.3. The molecule has 6 heteroatoms. The van der Waals surface area contributed by atoms with E-state index in [1.54, 1.807) is 19.1 Å². The molecule has 0 saturated carbocycles. The van der Waals surface area contributed by atoms with Crippen LogP contribution in [0.5, 0.6) is 5.75 Å². The van der Waals surface area contributed by atoms with Crippen molar-refractivity contribution in [3.05, 3.63) is 53.1 Å². The van der Waals surface area contributed by atoms with E-state index in [0.717, 1.165) is 16.0 Å². The van der Waals surface area contributed by atoms with Gasteiger partial charge < -0.3 is 10.1 Å². The van der Waals surface area contributed by atoms with Crippen LogP contribution in [0, 0.1) is 20.8 Å². The van der Waals surface area contributed by atoms with Gasteiger partial charge in [-0.05, 0) is 51.0 Å². The van der Waals surface area contributed by atoms with Crippen molar-refractivity contribution in [2.75, 3.05) is 5.32 Å². The fourth-order valence-electron chi connectivity index (χ4n) is 2.59. The van der Waals surface area contributed by atoms with Crippen LogP contribution in [0.1, 0.15) is 23.6 Å². The number of nitrogens with one attached hydrogen (secondary N) is 1. The summed E-state index contributed by atoms with van der Waals surface area (Å²) in [5, 5.41) is 2.28. The van der Waals surface area contributed by atoms with Crippen molar-refractivity contribution in [1.82, 2.24) is 0 Å². The molecule has 0 fully saturated rings. The van der Waals surface area contributed by atoms with Crippen molar-refractivity contribution in [1.29, 1.82) is 0 Å². The van der Waals surface area contributed by atoms with Gasteiger partial charge in [0.05, 0.1) is 10.9 Å². The molecule has 25 heavy (non-hydrogen) atoms. The predicted octanol–water partition coefficient (Wildman–Crippen LogP) is 5.33. The summed E-state index contributed by atoms with van der Waals surface area (Å²) in [6.07, 6.45) is 0. The normalized spacial score (nSPS) is 12.1. The van der Waals surface area contributed by atoms with Gasteiger partial charge in [-0.25, -0.2) is 0 Å². The van der Waals surface area contributed by atoms with Gasteiger partial charge in [-0.2, -0.15) is 8.78 Å². The number of carbonyl (C=O) groups is 1. The van der Waals surface area contributed by atoms with Crippen molar-refractivity contribution in [3.8, 4) is 5.75 Å². The van der Waals surface area contributed by atoms with Crippen LogP contribution >= 0.6 is 11.8 Å². The van der Waals surface area contributed by atoms with E-state index in [1.165, 1.54) is 29.5 Å². The first-order chi connectivity index (χ1) is 11.8. The van der Waals surface area contributed by atoms with Crippen LogP contribution in [0.3, 0.4) is 0 Å². The average molecular weight is 365 g/mol. The number of benzene rings is 2. The van der Waals surface area contributed by atoms with Crippen LogP contribution < -0.4 is 10.1 Å². The average Bonchev–Trinajstić information content (AvgIpc) is 2.52. The van der Waals surface area contributed by atoms with E-state index in [0.29, 0.717) is 0 Å². The molecule has 0 bridgehead atoms. The second kappa shape index (κ2) is 8.34. The monoisotopic (exact) mass is 365 g/mol. The summed E-state index contributed by atoms with van der Waals surface area (Å²) in [6.45, 7) is 4.90. The fourth-order valence-corrected chi connectivity index (χ4v) is 3.60. The number of aryl methyl sites for hydroxylation is 3. The number of thioether (sulfide) groups is 1. The highest BCUT2D eigenvalue weighted by Crippen LogP contribution is 2.32. The Bertz CT molecular complexity index is 742. The van der Waals surface area contributed by atoms with Crippen molar-refractivity contribution in [3.63, 3.8) is 0 Å². The number of ether oxygens (including phenoxy) is 1. The summed E-state index contributed by atoms with van der Waals surface area (Å²) in [5.74, 6) is -0.319. The molecule has 0 unspecified atom stereocenters. The van der Waals surface area contributed by atoms with Gasteiger partial charge in [0.2, 0.25) is 5.91 Å². The zero-order valence-electron chi connectivity index (χ0n) is 14.6. The molecule has 0 heterocycles. The van der Waals surface area contributed by atoms with Crippen molar-refractivity contribution in [2.24, 2.45) is 0 Å². The van der Waals surface area contributed by atoms with Crippen LogP contribution in [-0.2, 0) is 4.79 Å². The first kappa shape index (κ1) is 19.2. The lowest BCUT2D eigenvalue weighted by atomic mass is 10.1. The second-order valence-electron chi connectivity index (χ2n) is 5.85. The molecular weight excluding hydrogens is 344 g/mol. The third-order valence-electron chi connectivity index (χ3n) is 3.63. The molecule has 0 aliphatic carbocycles. The van der Waals surface area contributed by atoms with Gasteiger partial charge in [-0.1, -0.05) is 29.8 Å². The zero-order valence-corrected chi connectivity index (χ0v) is 15.4. The number of hydrogen-bond acceptors (Lipinski definition) is 3. The maximum Gasteiger partial charge on any atom is 0.387 e. The summed E-state index contributed by atoms with van der Waals surface area (Å²) in [7, 11) is 0. The Balaban J connectivity index is 2.12. The summed E-state index contributed by atoms with van der Waals surface area (Å²) in [4.78, 5) is 13.5. The Morgan fingerprint density at radius 2 is 1.72 bits per heavy atom. The summed E-state index contributed by atoms with van der Waals surface area (Å²) >= 11 is 1.45. The molecule has 134 valence electrons. The SMILES string of the molecule is Cc1cc(C)c(S[C@@H](C)C(=O)Nc2ccccc2OC(F)F)c(C)c1.